The fourth-order valence-corrected chi connectivity index (χ4v) is 3.50. The molecule has 1 aliphatic carbocycles. The van der Waals surface area contributed by atoms with Crippen molar-refractivity contribution in [3.63, 3.8) is 0 Å². The molecule has 0 unspecified atom stereocenters. The van der Waals surface area contributed by atoms with Gasteiger partial charge in [-0.3, -0.25) is 0 Å². The molecule has 0 amide bonds. The summed E-state index contributed by atoms with van der Waals surface area (Å²) in [5.74, 6) is 0. The first kappa shape index (κ1) is 10.1. The van der Waals surface area contributed by atoms with Crippen LogP contribution in [0.2, 0.25) is 0 Å². The fraction of sp³-hybridized carbons (Fsp3) is 0.400. The largest absolute Gasteiger partial charge is 0.244 e. The molecule has 1 saturated carbocycles. The molecule has 0 atom stereocenters. The average Bonchev–Trinajstić information content (AvgIpc) is 3.00. The summed E-state index contributed by atoms with van der Waals surface area (Å²) >= 11 is 0. The lowest BCUT2D eigenvalue weighted by Gasteiger charge is -2.06. The SMILES string of the molecule is Cc1ccnc(C#N)c1S(=O)(=O)C1CC1. The maximum Gasteiger partial charge on any atom is 0.184 e. The zero-order valence-electron chi connectivity index (χ0n) is 8.27. The highest BCUT2D eigenvalue weighted by Gasteiger charge is 2.39. The number of nitrogens with zero attached hydrogens (tertiary/aromatic N) is 2. The number of rotatable bonds is 2. The van der Waals surface area contributed by atoms with Gasteiger partial charge in [0.15, 0.2) is 15.5 Å². The van der Waals surface area contributed by atoms with Crippen LogP contribution in [-0.4, -0.2) is 18.7 Å². The Balaban J connectivity index is 2.66. The number of hydrogen-bond acceptors (Lipinski definition) is 4. The zero-order valence-corrected chi connectivity index (χ0v) is 9.08. The van der Waals surface area contributed by atoms with E-state index in [0.29, 0.717) is 18.4 Å². The summed E-state index contributed by atoms with van der Waals surface area (Å²) in [6.07, 6.45) is 2.85. The molecule has 2 rings (SSSR count). The maximum absolute atomic E-state index is 12.0. The van der Waals surface area contributed by atoms with Crippen LogP contribution in [0, 0.1) is 18.3 Å². The van der Waals surface area contributed by atoms with Crippen LogP contribution < -0.4 is 0 Å². The molecule has 0 bridgehead atoms. The predicted molar refractivity (Wildman–Crippen MR) is 53.9 cm³/mol. The van der Waals surface area contributed by atoms with Crippen molar-refractivity contribution in [2.75, 3.05) is 0 Å². The van der Waals surface area contributed by atoms with Gasteiger partial charge in [0, 0.05) is 6.20 Å². The molecule has 1 aromatic heterocycles. The highest BCUT2D eigenvalue weighted by atomic mass is 32.2. The van der Waals surface area contributed by atoms with Crippen molar-refractivity contribution < 1.29 is 8.42 Å². The molecule has 0 aromatic carbocycles. The van der Waals surface area contributed by atoms with E-state index in [0.717, 1.165) is 0 Å². The van der Waals surface area contributed by atoms with Gasteiger partial charge in [-0.05, 0) is 31.4 Å². The smallest absolute Gasteiger partial charge is 0.184 e. The van der Waals surface area contributed by atoms with Gasteiger partial charge in [-0.1, -0.05) is 0 Å². The number of nitriles is 1. The minimum absolute atomic E-state index is 0.0156. The summed E-state index contributed by atoms with van der Waals surface area (Å²) in [5.41, 5.74) is 0.621. The second kappa shape index (κ2) is 3.31. The van der Waals surface area contributed by atoms with Crippen LogP contribution in [0.3, 0.4) is 0 Å². The first-order valence-electron chi connectivity index (χ1n) is 4.67. The van der Waals surface area contributed by atoms with E-state index in [1.54, 1.807) is 13.0 Å². The Morgan fingerprint density at radius 1 is 1.53 bits per heavy atom. The van der Waals surface area contributed by atoms with E-state index < -0.39 is 9.84 Å². The first-order chi connectivity index (χ1) is 7.07. The second-order valence-corrected chi connectivity index (χ2v) is 5.83. The van der Waals surface area contributed by atoms with E-state index in [1.807, 2.05) is 6.07 Å². The van der Waals surface area contributed by atoms with Crippen molar-refractivity contribution in [2.45, 2.75) is 29.9 Å². The molecule has 0 saturated heterocycles. The van der Waals surface area contributed by atoms with Gasteiger partial charge < -0.3 is 0 Å². The van der Waals surface area contributed by atoms with E-state index >= 15 is 0 Å². The van der Waals surface area contributed by atoms with Crippen LogP contribution in [0.5, 0.6) is 0 Å². The molecule has 0 N–H and O–H groups in total. The van der Waals surface area contributed by atoms with Crippen molar-refractivity contribution in [3.8, 4) is 6.07 Å². The topological polar surface area (TPSA) is 70.8 Å². The van der Waals surface area contributed by atoms with E-state index in [1.165, 1.54) is 6.20 Å². The molecule has 0 radical (unpaired) electrons. The standard InChI is InChI=1S/C10H10N2O2S/c1-7-4-5-12-9(6-11)10(7)15(13,14)8-2-3-8/h4-5,8H,2-3H2,1H3. The Morgan fingerprint density at radius 2 is 2.20 bits per heavy atom. The van der Waals surface area contributed by atoms with Gasteiger partial charge in [-0.2, -0.15) is 5.26 Å². The molecule has 1 aromatic rings. The third-order valence-electron chi connectivity index (χ3n) is 2.46. The van der Waals surface area contributed by atoms with E-state index in [9.17, 15) is 8.42 Å². The van der Waals surface area contributed by atoms with Gasteiger partial charge in [0.25, 0.3) is 0 Å². The van der Waals surface area contributed by atoms with Gasteiger partial charge >= 0.3 is 0 Å². The highest BCUT2D eigenvalue weighted by molar-refractivity contribution is 7.92. The summed E-state index contributed by atoms with van der Waals surface area (Å²) in [6.45, 7) is 1.69. The highest BCUT2D eigenvalue weighted by Crippen LogP contribution is 2.35. The molecule has 1 fully saturated rings. The van der Waals surface area contributed by atoms with Crippen LogP contribution in [0.25, 0.3) is 0 Å². The minimum atomic E-state index is -3.32. The number of pyridine rings is 1. The fourth-order valence-electron chi connectivity index (χ4n) is 1.53. The average molecular weight is 222 g/mol. The summed E-state index contributed by atoms with van der Waals surface area (Å²) < 4.78 is 24.0. The van der Waals surface area contributed by atoms with Crippen LogP contribution in [0.1, 0.15) is 24.1 Å². The van der Waals surface area contributed by atoms with E-state index in [2.05, 4.69) is 4.98 Å². The number of aromatic nitrogens is 1. The van der Waals surface area contributed by atoms with Crippen molar-refractivity contribution in [1.82, 2.24) is 4.98 Å². The summed E-state index contributed by atoms with van der Waals surface area (Å²) in [5, 5.41) is 8.53. The van der Waals surface area contributed by atoms with Crippen molar-refractivity contribution in [1.29, 1.82) is 5.26 Å². The van der Waals surface area contributed by atoms with Gasteiger partial charge in [-0.15, -0.1) is 0 Å². The Bertz CT molecular complexity index is 539. The monoisotopic (exact) mass is 222 g/mol. The van der Waals surface area contributed by atoms with Crippen LogP contribution in [-0.2, 0) is 9.84 Å². The minimum Gasteiger partial charge on any atom is -0.244 e. The second-order valence-electron chi connectivity index (χ2n) is 3.66. The molecule has 1 aliphatic rings. The third-order valence-corrected chi connectivity index (χ3v) is 4.89. The predicted octanol–water partition coefficient (Wildman–Crippen LogP) is 1.20. The van der Waals surface area contributed by atoms with Crippen LogP contribution >= 0.6 is 0 Å². The molecule has 0 spiro atoms. The molecule has 1 heterocycles. The van der Waals surface area contributed by atoms with Gasteiger partial charge in [0.05, 0.1) is 5.25 Å². The van der Waals surface area contributed by atoms with Gasteiger partial charge in [0.1, 0.15) is 11.0 Å². The lowest BCUT2D eigenvalue weighted by Crippen LogP contribution is -2.12. The van der Waals surface area contributed by atoms with Crippen LogP contribution in [0.15, 0.2) is 17.2 Å². The summed E-state index contributed by atoms with van der Waals surface area (Å²) in [4.78, 5) is 3.91. The Kier molecular flexibility index (Phi) is 2.24. The Hall–Kier alpha value is -1.41. The Morgan fingerprint density at radius 3 is 2.73 bits per heavy atom. The third kappa shape index (κ3) is 1.61. The molecule has 5 heteroatoms. The van der Waals surface area contributed by atoms with Gasteiger partial charge in [0.2, 0.25) is 0 Å². The van der Waals surface area contributed by atoms with Gasteiger partial charge in [-0.25, -0.2) is 13.4 Å². The van der Waals surface area contributed by atoms with E-state index in [-0.39, 0.29) is 15.8 Å². The molecule has 4 nitrogen and oxygen atoms in total. The van der Waals surface area contributed by atoms with E-state index in [4.69, 9.17) is 5.26 Å². The summed E-state index contributed by atoms with van der Waals surface area (Å²) in [6, 6.07) is 3.46. The number of sulfone groups is 1. The quantitative estimate of drug-likeness (QED) is 0.753. The van der Waals surface area contributed by atoms with Crippen molar-refractivity contribution >= 4 is 9.84 Å². The van der Waals surface area contributed by atoms with Crippen molar-refractivity contribution in [2.24, 2.45) is 0 Å². The molecule has 15 heavy (non-hydrogen) atoms. The lowest BCUT2D eigenvalue weighted by atomic mass is 10.2. The summed E-state index contributed by atoms with van der Waals surface area (Å²) in [7, 11) is -3.32. The molecule has 0 aliphatic heterocycles. The Labute approximate surface area is 88.5 Å². The lowest BCUT2D eigenvalue weighted by molar-refractivity contribution is 0.593. The number of hydrogen-bond donors (Lipinski definition) is 0. The molecule has 78 valence electrons. The van der Waals surface area contributed by atoms with Crippen LogP contribution in [0.4, 0.5) is 0 Å². The maximum atomic E-state index is 12.0. The number of aryl methyl sites for hydroxylation is 1. The first-order valence-corrected chi connectivity index (χ1v) is 6.21. The zero-order chi connectivity index (χ0) is 11.1. The molecular weight excluding hydrogens is 212 g/mol. The normalized spacial score (nSPS) is 16.0. The van der Waals surface area contributed by atoms with Crippen molar-refractivity contribution in [3.05, 3.63) is 23.5 Å². The molecular formula is C10H10N2O2S.